The molecule has 23 heavy (non-hydrogen) atoms. The van der Waals surface area contributed by atoms with Gasteiger partial charge in [0.25, 0.3) is 0 Å². The van der Waals surface area contributed by atoms with Crippen molar-refractivity contribution < 1.29 is 0 Å². The molecule has 3 aromatic carbocycles. The van der Waals surface area contributed by atoms with Gasteiger partial charge in [-0.15, -0.1) is 0 Å². The summed E-state index contributed by atoms with van der Waals surface area (Å²) < 4.78 is 0. The van der Waals surface area contributed by atoms with Crippen LogP contribution in [0.3, 0.4) is 0 Å². The van der Waals surface area contributed by atoms with Gasteiger partial charge in [-0.1, -0.05) is 85.8 Å². The van der Waals surface area contributed by atoms with Crippen LogP contribution in [0.25, 0.3) is 0 Å². The zero-order chi connectivity index (χ0) is 16.1. The lowest BCUT2D eigenvalue weighted by Gasteiger charge is -2.38. The molecule has 0 aromatic heterocycles. The predicted octanol–water partition coefficient (Wildman–Crippen LogP) is 5.82. The molecule has 0 aliphatic rings. The molecule has 1 heteroatoms. The van der Waals surface area contributed by atoms with E-state index in [-0.39, 0.29) is 5.54 Å². The summed E-state index contributed by atoms with van der Waals surface area (Å²) >= 11 is 0. The maximum atomic E-state index is 3.77. The average Bonchev–Trinajstić information content (AvgIpc) is 2.63. The highest BCUT2D eigenvalue weighted by Gasteiger charge is 2.33. The largest absolute Gasteiger partial charge is 0.375 e. The molecule has 0 aliphatic carbocycles. The van der Waals surface area contributed by atoms with Crippen molar-refractivity contribution >= 4 is 5.69 Å². The van der Waals surface area contributed by atoms with Crippen LogP contribution in [-0.4, -0.2) is 0 Å². The molecule has 0 aliphatic heterocycles. The average molecular weight is 301 g/mol. The third-order valence-corrected chi connectivity index (χ3v) is 4.72. The third kappa shape index (κ3) is 3.29. The molecule has 116 valence electrons. The van der Waals surface area contributed by atoms with Gasteiger partial charge >= 0.3 is 0 Å². The Labute approximate surface area is 139 Å². The van der Waals surface area contributed by atoms with Crippen molar-refractivity contribution in [2.75, 3.05) is 5.32 Å². The first-order valence-electron chi connectivity index (χ1n) is 8.14. The lowest BCUT2D eigenvalue weighted by atomic mass is 9.76. The van der Waals surface area contributed by atoms with Crippen molar-refractivity contribution in [1.82, 2.24) is 0 Å². The quantitative estimate of drug-likeness (QED) is 0.626. The number of benzene rings is 3. The van der Waals surface area contributed by atoms with E-state index >= 15 is 0 Å². The highest BCUT2D eigenvalue weighted by molar-refractivity contribution is 5.49. The summed E-state index contributed by atoms with van der Waals surface area (Å²) in [7, 11) is 0. The van der Waals surface area contributed by atoms with Crippen LogP contribution in [0.4, 0.5) is 5.69 Å². The van der Waals surface area contributed by atoms with E-state index in [2.05, 4.69) is 104 Å². The Hall–Kier alpha value is -2.54. The van der Waals surface area contributed by atoms with Crippen LogP contribution in [0.2, 0.25) is 0 Å². The van der Waals surface area contributed by atoms with Crippen LogP contribution >= 0.6 is 0 Å². The van der Waals surface area contributed by atoms with Gasteiger partial charge in [0, 0.05) is 11.6 Å². The molecule has 0 saturated heterocycles. The molecule has 0 radical (unpaired) electrons. The van der Waals surface area contributed by atoms with E-state index in [0.717, 1.165) is 5.69 Å². The molecular weight excluding hydrogens is 278 g/mol. The first-order valence-corrected chi connectivity index (χ1v) is 8.14. The Morgan fingerprint density at radius 3 is 1.74 bits per heavy atom. The second-order valence-corrected chi connectivity index (χ2v) is 6.19. The topological polar surface area (TPSA) is 12.0 Å². The monoisotopic (exact) mass is 301 g/mol. The van der Waals surface area contributed by atoms with Gasteiger partial charge in [0.1, 0.15) is 0 Å². The fourth-order valence-corrected chi connectivity index (χ4v) is 3.11. The van der Waals surface area contributed by atoms with Crippen LogP contribution in [-0.2, 0) is 5.54 Å². The minimum atomic E-state index is -0.191. The maximum absolute atomic E-state index is 3.77. The molecule has 1 nitrogen and oxygen atoms in total. The molecule has 2 atom stereocenters. The van der Waals surface area contributed by atoms with Gasteiger partial charge in [-0.05, 0) is 30.2 Å². The zero-order valence-electron chi connectivity index (χ0n) is 13.7. The molecule has 3 rings (SSSR count). The van der Waals surface area contributed by atoms with Crippen molar-refractivity contribution in [3.05, 3.63) is 102 Å². The first-order chi connectivity index (χ1) is 11.2. The van der Waals surface area contributed by atoms with Crippen molar-refractivity contribution in [2.24, 2.45) is 0 Å². The molecule has 0 bridgehead atoms. The Bertz CT molecular complexity index is 722. The lowest BCUT2D eigenvalue weighted by Crippen LogP contribution is -2.37. The van der Waals surface area contributed by atoms with Crippen molar-refractivity contribution in [1.29, 1.82) is 0 Å². The van der Waals surface area contributed by atoms with Crippen molar-refractivity contribution in [3.63, 3.8) is 0 Å². The number of para-hydroxylation sites is 1. The second kappa shape index (κ2) is 6.70. The van der Waals surface area contributed by atoms with E-state index in [1.165, 1.54) is 11.1 Å². The van der Waals surface area contributed by atoms with Crippen LogP contribution in [0, 0.1) is 0 Å². The summed E-state index contributed by atoms with van der Waals surface area (Å²) in [6, 6.07) is 31.8. The van der Waals surface area contributed by atoms with Crippen LogP contribution in [0.1, 0.15) is 30.9 Å². The lowest BCUT2D eigenvalue weighted by molar-refractivity contribution is 0.451. The van der Waals surface area contributed by atoms with Gasteiger partial charge in [-0.3, -0.25) is 0 Å². The van der Waals surface area contributed by atoms with E-state index in [4.69, 9.17) is 0 Å². The Morgan fingerprint density at radius 2 is 1.17 bits per heavy atom. The van der Waals surface area contributed by atoms with Gasteiger partial charge in [0.15, 0.2) is 0 Å². The van der Waals surface area contributed by atoms with Crippen LogP contribution in [0.5, 0.6) is 0 Å². The van der Waals surface area contributed by atoms with E-state index in [1.807, 2.05) is 6.07 Å². The van der Waals surface area contributed by atoms with Gasteiger partial charge in [0.05, 0.1) is 5.54 Å². The molecule has 3 aromatic rings. The minimum absolute atomic E-state index is 0.191. The van der Waals surface area contributed by atoms with Gasteiger partial charge < -0.3 is 5.32 Å². The molecule has 1 N–H and O–H groups in total. The fraction of sp³-hybridized carbons (Fsp3) is 0.182. The van der Waals surface area contributed by atoms with E-state index < -0.39 is 0 Å². The van der Waals surface area contributed by atoms with Crippen LogP contribution < -0.4 is 5.32 Å². The van der Waals surface area contributed by atoms with Crippen molar-refractivity contribution in [3.8, 4) is 0 Å². The summed E-state index contributed by atoms with van der Waals surface area (Å²) in [5, 5.41) is 3.77. The van der Waals surface area contributed by atoms with E-state index in [0.29, 0.717) is 5.92 Å². The maximum Gasteiger partial charge on any atom is 0.0662 e. The Kier molecular flexibility index (Phi) is 4.47. The standard InChI is InChI=1S/C22H23N/c1-18(19-12-6-3-7-13-19)22(2,20-14-8-4-9-15-20)23-21-16-10-5-11-17-21/h3-18,23H,1-2H3. The predicted molar refractivity (Wildman–Crippen MR) is 98.7 cm³/mol. The second-order valence-electron chi connectivity index (χ2n) is 6.19. The smallest absolute Gasteiger partial charge is 0.0662 e. The van der Waals surface area contributed by atoms with Crippen LogP contribution in [0.15, 0.2) is 91.0 Å². The third-order valence-electron chi connectivity index (χ3n) is 4.72. The Morgan fingerprint density at radius 1 is 0.696 bits per heavy atom. The highest BCUT2D eigenvalue weighted by Crippen LogP contribution is 2.39. The van der Waals surface area contributed by atoms with E-state index in [9.17, 15) is 0 Å². The molecule has 0 fully saturated rings. The summed E-state index contributed by atoms with van der Waals surface area (Å²) in [6.07, 6.45) is 0. The summed E-state index contributed by atoms with van der Waals surface area (Å²) in [5.41, 5.74) is 3.58. The summed E-state index contributed by atoms with van der Waals surface area (Å²) in [6.45, 7) is 4.57. The molecule has 0 spiro atoms. The van der Waals surface area contributed by atoms with Gasteiger partial charge in [-0.25, -0.2) is 0 Å². The van der Waals surface area contributed by atoms with Gasteiger partial charge in [0.2, 0.25) is 0 Å². The SMILES string of the molecule is CC(c1ccccc1)C(C)(Nc1ccccc1)c1ccccc1. The number of hydrogen-bond acceptors (Lipinski definition) is 1. The summed E-state index contributed by atoms with van der Waals surface area (Å²) in [5.74, 6) is 0.325. The normalized spacial score (nSPS) is 14.7. The fourth-order valence-electron chi connectivity index (χ4n) is 3.11. The number of nitrogens with one attached hydrogen (secondary N) is 1. The molecular formula is C22H23N. The Balaban J connectivity index is 2.03. The molecule has 0 saturated carbocycles. The number of hydrogen-bond donors (Lipinski definition) is 1. The molecule has 0 heterocycles. The van der Waals surface area contributed by atoms with Gasteiger partial charge in [-0.2, -0.15) is 0 Å². The summed E-state index contributed by atoms with van der Waals surface area (Å²) in [4.78, 5) is 0. The first kappa shape index (κ1) is 15.4. The molecule has 2 unspecified atom stereocenters. The number of anilines is 1. The number of rotatable bonds is 5. The zero-order valence-corrected chi connectivity index (χ0v) is 13.7. The van der Waals surface area contributed by atoms with E-state index in [1.54, 1.807) is 0 Å². The minimum Gasteiger partial charge on any atom is -0.375 e. The molecule has 0 amide bonds. The van der Waals surface area contributed by atoms with Crippen molar-refractivity contribution in [2.45, 2.75) is 25.3 Å². The highest BCUT2D eigenvalue weighted by atomic mass is 15.0.